The van der Waals surface area contributed by atoms with Gasteiger partial charge in [-0.15, -0.1) is 0 Å². The number of ether oxygens (including phenoxy) is 1. The summed E-state index contributed by atoms with van der Waals surface area (Å²) in [6.45, 7) is 7.38. The maximum atomic E-state index is 11.6. The Labute approximate surface area is 97.7 Å². The molecule has 1 unspecified atom stereocenters. The summed E-state index contributed by atoms with van der Waals surface area (Å²) in [7, 11) is 3.56. The van der Waals surface area contributed by atoms with E-state index >= 15 is 0 Å². The third-order valence-corrected chi connectivity index (χ3v) is 2.79. The molecule has 0 spiro atoms. The number of carbonyl (C=O) groups is 1. The molecule has 0 aromatic carbocycles. The number of nitrogens with one attached hydrogen (secondary N) is 1. The third-order valence-electron chi connectivity index (χ3n) is 2.79. The van der Waals surface area contributed by atoms with Crippen molar-refractivity contribution < 1.29 is 9.53 Å². The molecule has 94 valence electrons. The second kappa shape index (κ2) is 6.83. The maximum Gasteiger partial charge on any atom is 0.238 e. The number of hydrogen-bond acceptors (Lipinski definition) is 4. The standard InChI is InChI=1S/C11H23N3O2/c1-10(11(15)13(2)3)12-4-5-14-6-8-16-9-7-14/h10,12H,4-9H2,1-3H3. The Morgan fingerprint density at radius 1 is 1.44 bits per heavy atom. The van der Waals surface area contributed by atoms with Gasteiger partial charge in [-0.3, -0.25) is 9.69 Å². The third kappa shape index (κ3) is 4.47. The van der Waals surface area contributed by atoms with Gasteiger partial charge in [-0.05, 0) is 6.92 Å². The average Bonchev–Trinajstić information content (AvgIpc) is 2.29. The van der Waals surface area contributed by atoms with Gasteiger partial charge in [-0.1, -0.05) is 0 Å². The van der Waals surface area contributed by atoms with Crippen LogP contribution in [-0.2, 0) is 9.53 Å². The Bertz CT molecular complexity index is 215. The van der Waals surface area contributed by atoms with Crippen LogP contribution in [0.5, 0.6) is 0 Å². The predicted molar refractivity (Wildman–Crippen MR) is 63.4 cm³/mol. The number of morpholine rings is 1. The Hall–Kier alpha value is -0.650. The van der Waals surface area contributed by atoms with Crippen LogP contribution in [0.1, 0.15) is 6.92 Å². The van der Waals surface area contributed by atoms with Crippen molar-refractivity contribution in [1.82, 2.24) is 15.1 Å². The van der Waals surface area contributed by atoms with Crippen LogP contribution in [0.3, 0.4) is 0 Å². The average molecular weight is 229 g/mol. The van der Waals surface area contributed by atoms with Gasteiger partial charge >= 0.3 is 0 Å². The molecule has 1 rings (SSSR count). The molecule has 1 fully saturated rings. The Morgan fingerprint density at radius 2 is 2.06 bits per heavy atom. The topological polar surface area (TPSA) is 44.8 Å². The van der Waals surface area contributed by atoms with Crippen LogP contribution in [0, 0.1) is 0 Å². The van der Waals surface area contributed by atoms with Gasteiger partial charge in [0.15, 0.2) is 0 Å². The highest BCUT2D eigenvalue weighted by molar-refractivity contribution is 5.80. The van der Waals surface area contributed by atoms with Crippen molar-refractivity contribution in [2.45, 2.75) is 13.0 Å². The Morgan fingerprint density at radius 3 is 2.62 bits per heavy atom. The largest absolute Gasteiger partial charge is 0.379 e. The van der Waals surface area contributed by atoms with Crippen molar-refractivity contribution in [2.75, 3.05) is 53.5 Å². The summed E-state index contributed by atoms with van der Waals surface area (Å²) < 4.78 is 5.27. The molecule has 5 heteroatoms. The first kappa shape index (κ1) is 13.4. The highest BCUT2D eigenvalue weighted by Gasteiger charge is 2.15. The van der Waals surface area contributed by atoms with Gasteiger partial charge in [0.1, 0.15) is 0 Å². The molecule has 1 saturated heterocycles. The van der Waals surface area contributed by atoms with Crippen molar-refractivity contribution in [2.24, 2.45) is 0 Å². The zero-order chi connectivity index (χ0) is 12.0. The minimum Gasteiger partial charge on any atom is -0.379 e. The number of carbonyl (C=O) groups excluding carboxylic acids is 1. The number of rotatable bonds is 5. The van der Waals surface area contributed by atoms with Gasteiger partial charge in [0, 0.05) is 40.3 Å². The smallest absolute Gasteiger partial charge is 0.238 e. The highest BCUT2D eigenvalue weighted by atomic mass is 16.5. The summed E-state index contributed by atoms with van der Waals surface area (Å²) in [6, 6.07) is -0.101. The lowest BCUT2D eigenvalue weighted by Gasteiger charge is -2.27. The molecule has 16 heavy (non-hydrogen) atoms. The van der Waals surface area contributed by atoms with Crippen LogP contribution in [0.25, 0.3) is 0 Å². The van der Waals surface area contributed by atoms with E-state index in [2.05, 4.69) is 10.2 Å². The molecule has 1 N–H and O–H groups in total. The fourth-order valence-corrected chi connectivity index (χ4v) is 1.74. The quantitative estimate of drug-likeness (QED) is 0.683. The molecule has 0 bridgehead atoms. The Kier molecular flexibility index (Phi) is 5.73. The van der Waals surface area contributed by atoms with Crippen LogP contribution >= 0.6 is 0 Å². The second-order valence-corrected chi connectivity index (χ2v) is 4.36. The molecule has 1 atom stereocenters. The molecule has 1 amide bonds. The van der Waals surface area contributed by atoms with Gasteiger partial charge in [-0.2, -0.15) is 0 Å². The van der Waals surface area contributed by atoms with E-state index in [4.69, 9.17) is 4.74 Å². The molecule has 0 aliphatic carbocycles. The van der Waals surface area contributed by atoms with E-state index in [0.717, 1.165) is 39.4 Å². The van der Waals surface area contributed by atoms with Crippen LogP contribution in [-0.4, -0.2) is 75.2 Å². The summed E-state index contributed by atoms with van der Waals surface area (Å²) in [5.74, 6) is 0.127. The van der Waals surface area contributed by atoms with Gasteiger partial charge < -0.3 is 15.0 Å². The van der Waals surface area contributed by atoms with E-state index in [0.29, 0.717) is 0 Å². The lowest BCUT2D eigenvalue weighted by atomic mass is 10.3. The second-order valence-electron chi connectivity index (χ2n) is 4.36. The first-order valence-electron chi connectivity index (χ1n) is 5.86. The summed E-state index contributed by atoms with van der Waals surface area (Å²) in [6.07, 6.45) is 0. The minimum atomic E-state index is -0.101. The summed E-state index contributed by atoms with van der Waals surface area (Å²) >= 11 is 0. The predicted octanol–water partition coefficient (Wildman–Crippen LogP) is -0.615. The molecule has 0 aromatic heterocycles. The number of nitrogens with zero attached hydrogens (tertiary/aromatic N) is 2. The molecule has 0 aromatic rings. The first-order chi connectivity index (χ1) is 7.61. The number of likely N-dealkylation sites (N-methyl/N-ethyl adjacent to an activating group) is 1. The number of hydrogen-bond donors (Lipinski definition) is 1. The number of amides is 1. The van der Waals surface area contributed by atoms with E-state index < -0.39 is 0 Å². The van der Waals surface area contributed by atoms with Gasteiger partial charge in [0.05, 0.1) is 19.3 Å². The van der Waals surface area contributed by atoms with Crippen LogP contribution in [0.4, 0.5) is 0 Å². The molecule has 0 saturated carbocycles. The summed E-state index contributed by atoms with van der Waals surface area (Å²) in [5, 5.41) is 3.24. The summed E-state index contributed by atoms with van der Waals surface area (Å²) in [4.78, 5) is 15.5. The van der Waals surface area contributed by atoms with Gasteiger partial charge in [0.2, 0.25) is 5.91 Å². The van der Waals surface area contributed by atoms with Crippen molar-refractivity contribution >= 4 is 5.91 Å². The van der Waals surface area contributed by atoms with Crippen molar-refractivity contribution in [3.63, 3.8) is 0 Å². The van der Waals surface area contributed by atoms with E-state index in [9.17, 15) is 4.79 Å². The molecule has 1 heterocycles. The van der Waals surface area contributed by atoms with E-state index in [-0.39, 0.29) is 11.9 Å². The van der Waals surface area contributed by atoms with E-state index in [1.54, 1.807) is 19.0 Å². The van der Waals surface area contributed by atoms with E-state index in [1.165, 1.54) is 0 Å². The lowest BCUT2D eigenvalue weighted by Crippen LogP contribution is -2.46. The zero-order valence-electron chi connectivity index (χ0n) is 10.5. The molecule has 1 aliphatic rings. The fraction of sp³-hybridized carbons (Fsp3) is 0.909. The van der Waals surface area contributed by atoms with Crippen molar-refractivity contribution in [3.8, 4) is 0 Å². The monoisotopic (exact) mass is 229 g/mol. The maximum absolute atomic E-state index is 11.6. The Balaban J connectivity index is 2.12. The SMILES string of the molecule is CC(NCCN1CCOCC1)C(=O)N(C)C. The van der Waals surface area contributed by atoms with Gasteiger partial charge in [0.25, 0.3) is 0 Å². The van der Waals surface area contributed by atoms with Crippen LogP contribution in [0.15, 0.2) is 0 Å². The molecular weight excluding hydrogens is 206 g/mol. The van der Waals surface area contributed by atoms with E-state index in [1.807, 2.05) is 6.92 Å². The zero-order valence-corrected chi connectivity index (χ0v) is 10.5. The minimum absolute atomic E-state index is 0.101. The lowest BCUT2D eigenvalue weighted by molar-refractivity contribution is -0.130. The molecule has 0 radical (unpaired) electrons. The van der Waals surface area contributed by atoms with Crippen molar-refractivity contribution in [3.05, 3.63) is 0 Å². The normalized spacial score (nSPS) is 19.4. The first-order valence-corrected chi connectivity index (χ1v) is 5.86. The summed E-state index contributed by atoms with van der Waals surface area (Å²) in [5.41, 5.74) is 0. The van der Waals surface area contributed by atoms with Crippen LogP contribution in [0.2, 0.25) is 0 Å². The van der Waals surface area contributed by atoms with Gasteiger partial charge in [-0.25, -0.2) is 0 Å². The van der Waals surface area contributed by atoms with Crippen LogP contribution < -0.4 is 5.32 Å². The molecule has 5 nitrogen and oxygen atoms in total. The molecule has 1 aliphatic heterocycles. The molecular formula is C11H23N3O2. The fourth-order valence-electron chi connectivity index (χ4n) is 1.74. The van der Waals surface area contributed by atoms with Crippen molar-refractivity contribution in [1.29, 1.82) is 0 Å². The highest BCUT2D eigenvalue weighted by Crippen LogP contribution is 1.95.